The average Bonchev–Trinajstić information content (AvgIpc) is 2.65. The van der Waals surface area contributed by atoms with Crippen molar-refractivity contribution in [1.29, 1.82) is 0 Å². The van der Waals surface area contributed by atoms with E-state index >= 15 is 0 Å². The number of aliphatic hydroxyl groups is 1. The molecule has 0 saturated carbocycles. The van der Waals surface area contributed by atoms with Gasteiger partial charge in [-0.25, -0.2) is 4.98 Å². The first-order chi connectivity index (χ1) is 13.0. The van der Waals surface area contributed by atoms with E-state index in [-0.39, 0.29) is 12.6 Å². The van der Waals surface area contributed by atoms with E-state index in [2.05, 4.69) is 58.5 Å². The Labute approximate surface area is 159 Å². The van der Waals surface area contributed by atoms with Crippen molar-refractivity contribution in [2.24, 2.45) is 0 Å². The highest BCUT2D eigenvalue weighted by atomic mass is 16.3. The number of benzene rings is 1. The Morgan fingerprint density at radius 3 is 2.30 bits per heavy atom. The molecule has 0 saturated heterocycles. The van der Waals surface area contributed by atoms with Crippen molar-refractivity contribution >= 4 is 17.5 Å². The first kappa shape index (κ1) is 18.8. The van der Waals surface area contributed by atoms with Gasteiger partial charge in [-0.05, 0) is 51.0 Å². The summed E-state index contributed by atoms with van der Waals surface area (Å²) in [5.41, 5.74) is 6.33. The summed E-state index contributed by atoms with van der Waals surface area (Å²) >= 11 is 0. The minimum atomic E-state index is -0.145. The third kappa shape index (κ3) is 4.60. The van der Waals surface area contributed by atoms with Crippen LogP contribution in [0.15, 0.2) is 42.7 Å². The van der Waals surface area contributed by atoms with Crippen molar-refractivity contribution in [3.8, 4) is 11.3 Å². The van der Waals surface area contributed by atoms with Gasteiger partial charge in [0.15, 0.2) is 0 Å². The number of hydrogen-bond acceptors (Lipinski definition) is 6. The molecule has 0 unspecified atom stereocenters. The molecular formula is C21H25N5O. The lowest BCUT2D eigenvalue weighted by Crippen LogP contribution is -2.21. The van der Waals surface area contributed by atoms with E-state index in [0.29, 0.717) is 11.8 Å². The van der Waals surface area contributed by atoms with E-state index < -0.39 is 0 Å². The number of aryl methyl sites for hydroxylation is 3. The monoisotopic (exact) mass is 363 g/mol. The molecule has 3 N–H and O–H groups in total. The van der Waals surface area contributed by atoms with Crippen LogP contribution in [0.2, 0.25) is 0 Å². The van der Waals surface area contributed by atoms with Crippen molar-refractivity contribution in [2.45, 2.75) is 33.7 Å². The number of nitrogens with zero attached hydrogens (tertiary/aromatic N) is 3. The Morgan fingerprint density at radius 2 is 1.67 bits per heavy atom. The van der Waals surface area contributed by atoms with Gasteiger partial charge in [-0.1, -0.05) is 17.7 Å². The Bertz CT molecular complexity index is 904. The molecule has 140 valence electrons. The molecule has 2 heterocycles. The minimum Gasteiger partial charge on any atom is -0.394 e. The van der Waals surface area contributed by atoms with E-state index in [1.54, 1.807) is 12.4 Å². The summed E-state index contributed by atoms with van der Waals surface area (Å²) in [4.78, 5) is 13.2. The van der Waals surface area contributed by atoms with Gasteiger partial charge in [0, 0.05) is 35.8 Å². The van der Waals surface area contributed by atoms with Crippen LogP contribution in [0.4, 0.5) is 17.5 Å². The molecule has 2 aromatic heterocycles. The molecule has 1 atom stereocenters. The van der Waals surface area contributed by atoms with Crippen molar-refractivity contribution in [1.82, 2.24) is 15.0 Å². The van der Waals surface area contributed by atoms with Crippen LogP contribution in [-0.4, -0.2) is 32.7 Å². The topological polar surface area (TPSA) is 83.0 Å². The van der Waals surface area contributed by atoms with Crippen molar-refractivity contribution < 1.29 is 5.11 Å². The fourth-order valence-corrected chi connectivity index (χ4v) is 3.02. The Hall–Kier alpha value is -2.99. The maximum Gasteiger partial charge on any atom is 0.225 e. The summed E-state index contributed by atoms with van der Waals surface area (Å²) in [6.45, 7) is 8.14. The molecule has 0 fully saturated rings. The number of anilines is 3. The predicted molar refractivity (Wildman–Crippen MR) is 109 cm³/mol. The lowest BCUT2D eigenvalue weighted by atomic mass is 10.1. The van der Waals surface area contributed by atoms with Crippen LogP contribution in [0, 0.1) is 20.8 Å². The molecule has 3 aromatic rings. The van der Waals surface area contributed by atoms with Gasteiger partial charge in [0.2, 0.25) is 5.95 Å². The standard InChI is InChI=1S/C21H25N5O/c1-13-9-14(2)20(15(3)10-13)25-19-11-18(17-5-7-22-8-6-17)24-21(26-19)23-16(4)12-27/h5-11,16,27H,12H2,1-4H3,(H2,23,24,25,26)/t16-/m1/s1. The van der Waals surface area contributed by atoms with E-state index in [0.717, 1.165) is 28.1 Å². The van der Waals surface area contributed by atoms with Gasteiger partial charge in [0.1, 0.15) is 5.82 Å². The molecule has 0 bridgehead atoms. The molecule has 0 aliphatic rings. The summed E-state index contributed by atoms with van der Waals surface area (Å²) in [5.74, 6) is 1.16. The number of pyridine rings is 1. The SMILES string of the molecule is Cc1cc(C)c(Nc2cc(-c3ccncc3)nc(N[C@H](C)CO)n2)c(C)c1. The molecule has 0 aliphatic carbocycles. The maximum absolute atomic E-state index is 9.34. The van der Waals surface area contributed by atoms with Gasteiger partial charge in [-0.2, -0.15) is 4.98 Å². The van der Waals surface area contributed by atoms with Crippen LogP contribution in [-0.2, 0) is 0 Å². The van der Waals surface area contributed by atoms with Crippen LogP contribution in [0.25, 0.3) is 11.3 Å². The quantitative estimate of drug-likeness (QED) is 0.614. The molecule has 6 heteroatoms. The largest absolute Gasteiger partial charge is 0.394 e. The van der Waals surface area contributed by atoms with Crippen LogP contribution in [0.3, 0.4) is 0 Å². The first-order valence-electron chi connectivity index (χ1n) is 8.98. The molecule has 3 rings (SSSR count). The van der Waals surface area contributed by atoms with Gasteiger partial charge >= 0.3 is 0 Å². The second-order valence-corrected chi connectivity index (χ2v) is 6.82. The highest BCUT2D eigenvalue weighted by Crippen LogP contribution is 2.28. The number of aliphatic hydroxyl groups excluding tert-OH is 1. The summed E-state index contributed by atoms with van der Waals surface area (Å²) in [6.07, 6.45) is 3.48. The lowest BCUT2D eigenvalue weighted by molar-refractivity contribution is 0.281. The van der Waals surface area contributed by atoms with E-state index in [4.69, 9.17) is 0 Å². The highest BCUT2D eigenvalue weighted by Gasteiger charge is 2.11. The van der Waals surface area contributed by atoms with Gasteiger partial charge in [0.25, 0.3) is 0 Å². The number of nitrogens with one attached hydrogen (secondary N) is 2. The second-order valence-electron chi connectivity index (χ2n) is 6.82. The number of hydrogen-bond donors (Lipinski definition) is 3. The zero-order valence-corrected chi connectivity index (χ0v) is 16.1. The van der Waals surface area contributed by atoms with E-state index in [9.17, 15) is 5.11 Å². The number of rotatable bonds is 6. The first-order valence-corrected chi connectivity index (χ1v) is 8.98. The van der Waals surface area contributed by atoms with Gasteiger partial charge in [-0.15, -0.1) is 0 Å². The fraction of sp³-hybridized carbons (Fsp3) is 0.286. The lowest BCUT2D eigenvalue weighted by Gasteiger charge is -2.16. The molecular weight excluding hydrogens is 338 g/mol. The van der Waals surface area contributed by atoms with Crippen LogP contribution < -0.4 is 10.6 Å². The Morgan fingerprint density at radius 1 is 1.00 bits per heavy atom. The average molecular weight is 363 g/mol. The molecule has 0 spiro atoms. The summed E-state index contributed by atoms with van der Waals surface area (Å²) in [6, 6.07) is 9.89. The highest BCUT2D eigenvalue weighted by molar-refractivity contribution is 5.70. The van der Waals surface area contributed by atoms with Gasteiger partial charge in [-0.3, -0.25) is 4.98 Å². The van der Waals surface area contributed by atoms with Gasteiger partial charge < -0.3 is 15.7 Å². The maximum atomic E-state index is 9.34. The Balaban J connectivity index is 2.02. The summed E-state index contributed by atoms with van der Waals surface area (Å²) < 4.78 is 0. The van der Waals surface area contributed by atoms with Crippen molar-refractivity contribution in [3.63, 3.8) is 0 Å². The summed E-state index contributed by atoms with van der Waals surface area (Å²) in [7, 11) is 0. The van der Waals surface area contributed by atoms with E-state index in [1.807, 2.05) is 25.1 Å². The third-order valence-electron chi connectivity index (χ3n) is 4.28. The minimum absolute atomic E-state index is 0.00177. The van der Waals surface area contributed by atoms with Crippen LogP contribution >= 0.6 is 0 Å². The summed E-state index contributed by atoms with van der Waals surface area (Å²) in [5, 5.41) is 15.9. The van der Waals surface area contributed by atoms with Crippen LogP contribution in [0.5, 0.6) is 0 Å². The van der Waals surface area contributed by atoms with Crippen molar-refractivity contribution in [2.75, 3.05) is 17.2 Å². The molecule has 6 nitrogen and oxygen atoms in total. The zero-order chi connectivity index (χ0) is 19.4. The van der Waals surface area contributed by atoms with Crippen LogP contribution in [0.1, 0.15) is 23.6 Å². The van der Waals surface area contributed by atoms with Gasteiger partial charge in [0.05, 0.1) is 12.3 Å². The fourth-order valence-electron chi connectivity index (χ4n) is 3.02. The Kier molecular flexibility index (Phi) is 5.66. The molecule has 0 radical (unpaired) electrons. The molecule has 0 amide bonds. The van der Waals surface area contributed by atoms with Crippen molar-refractivity contribution in [3.05, 3.63) is 59.4 Å². The predicted octanol–water partition coefficient (Wildman–Crippen LogP) is 4.00. The molecule has 1 aromatic carbocycles. The van der Waals surface area contributed by atoms with E-state index in [1.165, 1.54) is 5.56 Å². The molecule has 0 aliphatic heterocycles. The normalized spacial score (nSPS) is 11.9. The smallest absolute Gasteiger partial charge is 0.225 e. The third-order valence-corrected chi connectivity index (χ3v) is 4.28. The second kappa shape index (κ2) is 8.14. The zero-order valence-electron chi connectivity index (χ0n) is 16.1. The number of aromatic nitrogens is 3. The molecule has 27 heavy (non-hydrogen) atoms.